The Morgan fingerprint density at radius 3 is 2.69 bits per heavy atom. The van der Waals surface area contributed by atoms with E-state index in [0.717, 1.165) is 12.1 Å². The van der Waals surface area contributed by atoms with Gasteiger partial charge < -0.3 is 0 Å². The van der Waals surface area contributed by atoms with E-state index >= 15 is 0 Å². The van der Waals surface area contributed by atoms with Crippen molar-refractivity contribution in [3.05, 3.63) is 48.0 Å². The zero-order valence-corrected chi connectivity index (χ0v) is 7.92. The lowest BCUT2D eigenvalue weighted by molar-refractivity contribution is 0.0533. The monoisotopic (exact) mass is 177 g/mol. The summed E-state index contributed by atoms with van der Waals surface area (Å²) in [5.41, 5.74) is 5.10. The zero-order chi connectivity index (χ0) is 9.52. The molecule has 0 spiro atoms. The van der Waals surface area contributed by atoms with Gasteiger partial charge in [-0.05, 0) is 12.5 Å². The molecule has 0 bridgehead atoms. The van der Waals surface area contributed by atoms with Gasteiger partial charge in [-0.3, -0.25) is 4.84 Å². The normalized spacial score (nSPS) is 9.92. The molecule has 13 heavy (non-hydrogen) atoms. The summed E-state index contributed by atoms with van der Waals surface area (Å²) in [6.07, 6.45) is 0. The van der Waals surface area contributed by atoms with Crippen LogP contribution in [0.1, 0.15) is 12.5 Å². The maximum Gasteiger partial charge on any atom is 0.0887 e. The Bertz CT molecular complexity index is 256. The Balaban J connectivity index is 2.17. The Kier molecular flexibility index (Phi) is 4.23. The van der Waals surface area contributed by atoms with Crippen molar-refractivity contribution in [1.29, 1.82) is 0 Å². The highest BCUT2D eigenvalue weighted by Crippen LogP contribution is 1.97. The summed E-state index contributed by atoms with van der Waals surface area (Å²) in [5, 5.41) is 0. The molecule has 1 aromatic carbocycles. The first kappa shape index (κ1) is 9.96. The Hall–Kier alpha value is -1.12. The first-order chi connectivity index (χ1) is 6.29. The molecule has 0 heterocycles. The van der Waals surface area contributed by atoms with E-state index in [0.29, 0.717) is 6.61 Å². The van der Waals surface area contributed by atoms with Crippen molar-refractivity contribution in [2.75, 3.05) is 6.61 Å². The van der Waals surface area contributed by atoms with Crippen molar-refractivity contribution >= 4 is 0 Å². The maximum absolute atomic E-state index is 5.15. The van der Waals surface area contributed by atoms with E-state index in [1.54, 1.807) is 0 Å². The van der Waals surface area contributed by atoms with Gasteiger partial charge in [0.2, 0.25) is 0 Å². The summed E-state index contributed by atoms with van der Waals surface area (Å²) in [6, 6.07) is 10.1. The van der Waals surface area contributed by atoms with Gasteiger partial charge >= 0.3 is 0 Å². The van der Waals surface area contributed by atoms with Crippen LogP contribution in [0.5, 0.6) is 0 Å². The minimum absolute atomic E-state index is 0.562. The average Bonchev–Trinajstić information content (AvgIpc) is 2.14. The summed E-state index contributed by atoms with van der Waals surface area (Å²) in [5.74, 6) is 0. The molecule has 2 nitrogen and oxygen atoms in total. The third-order valence-corrected chi connectivity index (χ3v) is 1.54. The molecule has 2 heteroatoms. The second-order valence-corrected chi connectivity index (χ2v) is 3.05. The standard InChI is InChI=1S/C11H15NO/c1-10(2)9-13-12-8-11-6-4-3-5-7-11/h3-7,12H,1,8-9H2,2H3. The number of nitrogens with one attached hydrogen (secondary N) is 1. The highest BCUT2D eigenvalue weighted by molar-refractivity contribution is 5.13. The number of hydrogen-bond donors (Lipinski definition) is 1. The predicted octanol–water partition coefficient (Wildman–Crippen LogP) is 2.28. The van der Waals surface area contributed by atoms with Crippen LogP contribution >= 0.6 is 0 Å². The van der Waals surface area contributed by atoms with Gasteiger partial charge in [0.15, 0.2) is 0 Å². The Morgan fingerprint density at radius 2 is 2.08 bits per heavy atom. The molecular formula is C11H15NO. The third kappa shape index (κ3) is 4.45. The lowest BCUT2D eigenvalue weighted by atomic mass is 10.2. The van der Waals surface area contributed by atoms with Crippen molar-refractivity contribution in [1.82, 2.24) is 5.48 Å². The van der Waals surface area contributed by atoms with Gasteiger partial charge in [0.25, 0.3) is 0 Å². The second-order valence-electron chi connectivity index (χ2n) is 3.05. The molecule has 0 aromatic heterocycles. The van der Waals surface area contributed by atoms with Crippen molar-refractivity contribution < 1.29 is 4.84 Å². The zero-order valence-electron chi connectivity index (χ0n) is 7.92. The molecule has 1 N–H and O–H groups in total. The van der Waals surface area contributed by atoms with Crippen LogP contribution in [0.25, 0.3) is 0 Å². The molecule has 0 aliphatic heterocycles. The van der Waals surface area contributed by atoms with Gasteiger partial charge in [0.1, 0.15) is 0 Å². The first-order valence-electron chi connectivity index (χ1n) is 4.32. The number of rotatable bonds is 5. The van der Waals surface area contributed by atoms with Crippen LogP contribution in [-0.4, -0.2) is 6.61 Å². The lowest BCUT2D eigenvalue weighted by Gasteiger charge is -2.04. The summed E-state index contributed by atoms with van der Waals surface area (Å²) < 4.78 is 0. The largest absolute Gasteiger partial charge is 0.297 e. The van der Waals surface area contributed by atoms with Crippen molar-refractivity contribution in [3.8, 4) is 0 Å². The molecule has 1 aromatic rings. The van der Waals surface area contributed by atoms with E-state index in [1.165, 1.54) is 5.56 Å². The summed E-state index contributed by atoms with van der Waals surface area (Å²) in [6.45, 7) is 6.96. The van der Waals surface area contributed by atoms with Gasteiger partial charge in [0.05, 0.1) is 6.61 Å². The molecule has 0 fully saturated rings. The molecule has 0 radical (unpaired) electrons. The fraction of sp³-hybridized carbons (Fsp3) is 0.273. The van der Waals surface area contributed by atoms with E-state index in [1.807, 2.05) is 25.1 Å². The summed E-state index contributed by atoms with van der Waals surface area (Å²) in [7, 11) is 0. The smallest absolute Gasteiger partial charge is 0.0887 e. The predicted molar refractivity (Wildman–Crippen MR) is 54.0 cm³/mol. The molecule has 0 aliphatic carbocycles. The van der Waals surface area contributed by atoms with Gasteiger partial charge in [-0.2, -0.15) is 5.48 Å². The Morgan fingerprint density at radius 1 is 1.38 bits per heavy atom. The molecular weight excluding hydrogens is 162 g/mol. The minimum atomic E-state index is 0.562. The number of benzene rings is 1. The van der Waals surface area contributed by atoms with Gasteiger partial charge in [-0.25, -0.2) is 0 Å². The third-order valence-electron chi connectivity index (χ3n) is 1.54. The summed E-state index contributed by atoms with van der Waals surface area (Å²) >= 11 is 0. The molecule has 70 valence electrons. The quantitative estimate of drug-likeness (QED) is 0.423. The fourth-order valence-corrected chi connectivity index (χ4v) is 0.904. The van der Waals surface area contributed by atoms with Gasteiger partial charge in [-0.15, -0.1) is 0 Å². The van der Waals surface area contributed by atoms with Crippen LogP contribution in [-0.2, 0) is 11.4 Å². The summed E-state index contributed by atoms with van der Waals surface area (Å²) in [4.78, 5) is 5.15. The number of hydroxylamine groups is 1. The molecule has 1 rings (SSSR count). The van der Waals surface area contributed by atoms with Crippen LogP contribution in [0.2, 0.25) is 0 Å². The highest BCUT2D eigenvalue weighted by Gasteiger charge is 1.90. The van der Waals surface area contributed by atoms with E-state index in [2.05, 4.69) is 24.2 Å². The average molecular weight is 177 g/mol. The van der Waals surface area contributed by atoms with Crippen LogP contribution in [0, 0.1) is 0 Å². The second kappa shape index (κ2) is 5.51. The molecule has 0 amide bonds. The van der Waals surface area contributed by atoms with Gasteiger partial charge in [-0.1, -0.05) is 42.5 Å². The van der Waals surface area contributed by atoms with E-state index in [9.17, 15) is 0 Å². The van der Waals surface area contributed by atoms with E-state index in [-0.39, 0.29) is 0 Å². The topological polar surface area (TPSA) is 21.3 Å². The maximum atomic E-state index is 5.15. The van der Waals surface area contributed by atoms with E-state index in [4.69, 9.17) is 4.84 Å². The van der Waals surface area contributed by atoms with Crippen molar-refractivity contribution in [2.24, 2.45) is 0 Å². The molecule has 0 aliphatic rings. The Labute approximate surface area is 79.2 Å². The minimum Gasteiger partial charge on any atom is -0.297 e. The van der Waals surface area contributed by atoms with Crippen LogP contribution < -0.4 is 5.48 Å². The first-order valence-corrected chi connectivity index (χ1v) is 4.32. The molecule has 0 saturated carbocycles. The van der Waals surface area contributed by atoms with Crippen LogP contribution in [0.4, 0.5) is 0 Å². The molecule has 0 atom stereocenters. The van der Waals surface area contributed by atoms with Crippen molar-refractivity contribution in [2.45, 2.75) is 13.5 Å². The molecule has 0 saturated heterocycles. The van der Waals surface area contributed by atoms with Crippen LogP contribution in [0.3, 0.4) is 0 Å². The van der Waals surface area contributed by atoms with Crippen LogP contribution in [0.15, 0.2) is 42.5 Å². The van der Waals surface area contributed by atoms with E-state index < -0.39 is 0 Å². The fourth-order valence-electron chi connectivity index (χ4n) is 0.904. The highest BCUT2D eigenvalue weighted by atomic mass is 16.6. The van der Waals surface area contributed by atoms with Crippen molar-refractivity contribution in [3.63, 3.8) is 0 Å². The number of hydrogen-bond acceptors (Lipinski definition) is 2. The molecule has 0 unspecified atom stereocenters. The van der Waals surface area contributed by atoms with Gasteiger partial charge in [0, 0.05) is 6.54 Å². The lowest BCUT2D eigenvalue weighted by Crippen LogP contribution is -2.14. The SMILES string of the molecule is C=C(C)CONCc1ccccc1.